The Balaban J connectivity index is 2.25. The molecule has 4 unspecified atom stereocenters. The zero-order valence-electron chi connectivity index (χ0n) is 21.2. The van der Waals surface area contributed by atoms with Crippen LogP contribution in [-0.2, 0) is 36.8 Å². The predicted octanol–water partition coefficient (Wildman–Crippen LogP) is -0.418. The van der Waals surface area contributed by atoms with E-state index >= 15 is 0 Å². The number of nitrogens with one attached hydrogen (secondary N) is 4. The maximum Gasteiger partial charge on any atom is 0.326 e. The lowest BCUT2D eigenvalue weighted by Crippen LogP contribution is -2.58. The van der Waals surface area contributed by atoms with Crippen LogP contribution in [0.4, 0.5) is 0 Å². The monoisotopic (exact) mass is 530 g/mol. The number of nitrogens with two attached hydrogens (primary N) is 1. The maximum atomic E-state index is 13.4. The van der Waals surface area contributed by atoms with E-state index in [0.29, 0.717) is 11.3 Å². The summed E-state index contributed by atoms with van der Waals surface area (Å²) in [5, 5.41) is 26.0. The van der Waals surface area contributed by atoms with E-state index in [1.54, 1.807) is 44.2 Å². The van der Waals surface area contributed by atoms with Crippen molar-refractivity contribution in [3.63, 3.8) is 0 Å². The van der Waals surface area contributed by atoms with Gasteiger partial charge in [0.1, 0.15) is 18.1 Å². The highest BCUT2D eigenvalue weighted by molar-refractivity contribution is 5.94. The van der Waals surface area contributed by atoms with E-state index in [2.05, 4.69) is 25.9 Å². The van der Waals surface area contributed by atoms with Crippen molar-refractivity contribution in [2.24, 2.45) is 11.7 Å². The number of rotatable bonds is 15. The molecule has 0 aliphatic rings. The van der Waals surface area contributed by atoms with Crippen LogP contribution in [-0.4, -0.2) is 74.0 Å². The topological polar surface area (TPSA) is 217 Å². The number of benzene rings is 1. The molecule has 2 rings (SSSR count). The molecule has 0 fully saturated rings. The SMILES string of the molecule is CC(C)C(NC(=O)C(Cc1ccccc1)NC(=O)C(Cc1cnc[nH]1)NC(=O)C(N)CCC(=O)O)C(=O)O. The van der Waals surface area contributed by atoms with Crippen LogP contribution in [0.25, 0.3) is 0 Å². The van der Waals surface area contributed by atoms with Crippen molar-refractivity contribution in [2.45, 2.75) is 63.7 Å². The first kappa shape index (κ1) is 30.0. The fourth-order valence-corrected chi connectivity index (χ4v) is 3.61. The summed E-state index contributed by atoms with van der Waals surface area (Å²) in [5.41, 5.74) is 7.03. The third kappa shape index (κ3) is 9.65. The largest absolute Gasteiger partial charge is 0.481 e. The highest BCUT2D eigenvalue weighted by atomic mass is 16.4. The van der Waals surface area contributed by atoms with Crippen molar-refractivity contribution in [2.75, 3.05) is 0 Å². The molecule has 3 amide bonds. The van der Waals surface area contributed by atoms with Crippen LogP contribution in [0.15, 0.2) is 42.9 Å². The fraction of sp³-hybridized carbons (Fsp3) is 0.440. The van der Waals surface area contributed by atoms with Gasteiger partial charge in [0.15, 0.2) is 0 Å². The molecule has 0 radical (unpaired) electrons. The number of nitrogens with zero attached hydrogens (tertiary/aromatic N) is 1. The van der Waals surface area contributed by atoms with E-state index in [1.165, 1.54) is 12.5 Å². The minimum atomic E-state index is -1.21. The van der Waals surface area contributed by atoms with Gasteiger partial charge >= 0.3 is 11.9 Å². The Morgan fingerprint density at radius 3 is 2.08 bits per heavy atom. The molecule has 0 bridgehead atoms. The predicted molar refractivity (Wildman–Crippen MR) is 136 cm³/mol. The lowest BCUT2D eigenvalue weighted by atomic mass is 10.0. The molecule has 13 heteroatoms. The highest BCUT2D eigenvalue weighted by Gasteiger charge is 2.32. The molecule has 0 saturated carbocycles. The molecule has 4 atom stereocenters. The summed E-state index contributed by atoms with van der Waals surface area (Å²) in [6.07, 6.45) is 2.44. The Labute approximate surface area is 219 Å². The average molecular weight is 531 g/mol. The molecule has 0 aliphatic carbocycles. The van der Waals surface area contributed by atoms with Crippen LogP contribution >= 0.6 is 0 Å². The van der Waals surface area contributed by atoms with Crippen molar-refractivity contribution in [3.05, 3.63) is 54.1 Å². The van der Waals surface area contributed by atoms with Crippen molar-refractivity contribution in [3.8, 4) is 0 Å². The summed E-state index contributed by atoms with van der Waals surface area (Å²) in [4.78, 5) is 68.3. The minimum Gasteiger partial charge on any atom is -0.481 e. The Morgan fingerprint density at radius 2 is 1.53 bits per heavy atom. The van der Waals surface area contributed by atoms with E-state index in [4.69, 9.17) is 10.8 Å². The van der Waals surface area contributed by atoms with Gasteiger partial charge < -0.3 is 36.9 Å². The van der Waals surface area contributed by atoms with Crippen molar-refractivity contribution in [1.29, 1.82) is 0 Å². The Kier molecular flexibility index (Phi) is 11.4. The van der Waals surface area contributed by atoms with Gasteiger partial charge in [-0.25, -0.2) is 9.78 Å². The second-order valence-electron chi connectivity index (χ2n) is 9.20. The molecule has 1 aromatic carbocycles. The van der Waals surface area contributed by atoms with Gasteiger partial charge in [0, 0.05) is 31.2 Å². The normalized spacial score (nSPS) is 14.1. The second-order valence-corrected chi connectivity index (χ2v) is 9.20. The van der Waals surface area contributed by atoms with Gasteiger partial charge in [-0.3, -0.25) is 19.2 Å². The lowest BCUT2D eigenvalue weighted by Gasteiger charge is -2.26. The first-order chi connectivity index (χ1) is 18.0. The van der Waals surface area contributed by atoms with Gasteiger partial charge in [-0.1, -0.05) is 44.2 Å². The number of hydrogen-bond donors (Lipinski definition) is 7. The van der Waals surface area contributed by atoms with Crippen molar-refractivity contribution < 1.29 is 34.2 Å². The van der Waals surface area contributed by atoms with Crippen molar-refractivity contribution >= 4 is 29.7 Å². The smallest absolute Gasteiger partial charge is 0.326 e. The number of aromatic nitrogens is 2. The number of imidazole rings is 1. The molecule has 38 heavy (non-hydrogen) atoms. The van der Waals surface area contributed by atoms with Gasteiger partial charge in [0.05, 0.1) is 12.4 Å². The van der Waals surface area contributed by atoms with Crippen LogP contribution in [0.3, 0.4) is 0 Å². The number of hydrogen-bond acceptors (Lipinski definition) is 7. The summed E-state index contributed by atoms with van der Waals surface area (Å²) in [6, 6.07) is 4.14. The Bertz CT molecular complexity index is 1090. The van der Waals surface area contributed by atoms with Crippen LogP contribution < -0.4 is 21.7 Å². The standard InChI is InChI=1S/C25H34N6O7/c1-14(2)21(25(37)38)31-24(36)18(10-15-6-4-3-5-7-15)30-23(35)19(11-16-12-27-13-28-16)29-22(34)17(26)8-9-20(32)33/h3-7,12-14,17-19,21H,8-11,26H2,1-2H3,(H,27,28)(H,29,34)(H,30,35)(H,31,36)(H,32,33)(H,37,38). The third-order valence-corrected chi connectivity index (χ3v) is 5.76. The van der Waals surface area contributed by atoms with Gasteiger partial charge in [-0.15, -0.1) is 0 Å². The van der Waals surface area contributed by atoms with Crippen LogP contribution in [0, 0.1) is 5.92 Å². The molecule has 2 aromatic rings. The summed E-state index contributed by atoms with van der Waals surface area (Å²) in [5.74, 6) is -4.89. The van der Waals surface area contributed by atoms with E-state index < -0.39 is 59.7 Å². The summed E-state index contributed by atoms with van der Waals surface area (Å²) in [7, 11) is 0. The quantitative estimate of drug-likeness (QED) is 0.159. The third-order valence-electron chi connectivity index (χ3n) is 5.76. The van der Waals surface area contributed by atoms with Crippen LogP contribution in [0.5, 0.6) is 0 Å². The number of H-pyrrole nitrogens is 1. The number of carboxylic acid groups (broad SMARTS) is 2. The summed E-state index contributed by atoms with van der Waals surface area (Å²) < 4.78 is 0. The number of carboxylic acids is 2. The first-order valence-corrected chi connectivity index (χ1v) is 12.1. The van der Waals surface area contributed by atoms with Crippen LogP contribution in [0.1, 0.15) is 37.9 Å². The molecule has 1 heterocycles. The number of carbonyl (C=O) groups is 5. The highest BCUT2D eigenvalue weighted by Crippen LogP contribution is 2.08. The molecule has 0 spiro atoms. The molecule has 13 nitrogen and oxygen atoms in total. The van der Waals surface area contributed by atoms with Gasteiger partial charge in [-0.05, 0) is 17.9 Å². The molecular weight excluding hydrogens is 496 g/mol. The van der Waals surface area contributed by atoms with Crippen LogP contribution in [0.2, 0.25) is 0 Å². The number of aromatic amines is 1. The van der Waals surface area contributed by atoms with Crippen molar-refractivity contribution in [1.82, 2.24) is 25.9 Å². The Hall–Kier alpha value is -4.26. The molecule has 206 valence electrons. The van der Waals surface area contributed by atoms with E-state index in [0.717, 1.165) is 0 Å². The lowest BCUT2D eigenvalue weighted by molar-refractivity contribution is -0.143. The Morgan fingerprint density at radius 1 is 0.921 bits per heavy atom. The average Bonchev–Trinajstić information content (AvgIpc) is 3.38. The molecule has 8 N–H and O–H groups in total. The molecule has 0 saturated heterocycles. The van der Waals surface area contributed by atoms with E-state index in [-0.39, 0.29) is 25.7 Å². The zero-order chi connectivity index (χ0) is 28.2. The summed E-state index contributed by atoms with van der Waals surface area (Å²) >= 11 is 0. The number of aliphatic carboxylic acids is 2. The molecule has 1 aromatic heterocycles. The van der Waals surface area contributed by atoms with E-state index in [9.17, 15) is 29.1 Å². The van der Waals surface area contributed by atoms with Gasteiger partial charge in [0.25, 0.3) is 0 Å². The molecular formula is C25H34N6O7. The van der Waals surface area contributed by atoms with Gasteiger partial charge in [0.2, 0.25) is 17.7 Å². The number of carbonyl (C=O) groups excluding carboxylic acids is 3. The number of amides is 3. The maximum absolute atomic E-state index is 13.4. The second kappa shape index (κ2) is 14.5. The minimum absolute atomic E-state index is 0.0212. The zero-order valence-corrected chi connectivity index (χ0v) is 21.2. The van der Waals surface area contributed by atoms with Gasteiger partial charge in [-0.2, -0.15) is 0 Å². The molecule has 0 aliphatic heterocycles. The summed E-state index contributed by atoms with van der Waals surface area (Å²) in [6.45, 7) is 3.29. The first-order valence-electron chi connectivity index (χ1n) is 12.1. The van der Waals surface area contributed by atoms with E-state index in [1.807, 2.05) is 0 Å². The fourth-order valence-electron chi connectivity index (χ4n) is 3.61.